The second-order valence-corrected chi connectivity index (χ2v) is 4.57. The summed E-state index contributed by atoms with van der Waals surface area (Å²) < 4.78 is 12.9. The van der Waals surface area contributed by atoms with Crippen LogP contribution in [0.4, 0.5) is 15.9 Å². The molecule has 2 heterocycles. The molecule has 0 saturated carbocycles. The predicted octanol–water partition coefficient (Wildman–Crippen LogP) is 2.35. The van der Waals surface area contributed by atoms with Crippen LogP contribution in [0, 0.1) is 11.9 Å². The van der Waals surface area contributed by atoms with Crippen molar-refractivity contribution in [2.45, 2.75) is 0 Å². The van der Waals surface area contributed by atoms with Gasteiger partial charge in [0.25, 0.3) is 0 Å². The van der Waals surface area contributed by atoms with E-state index in [1.54, 1.807) is 6.20 Å². The third kappa shape index (κ3) is 2.67. The SMILES string of the molecule is Fc1ccc(N2CCN(c3cc[c]cn3)CC2)cc1. The zero-order chi connectivity index (χ0) is 13.1. The fourth-order valence-corrected chi connectivity index (χ4v) is 2.34. The number of halogens is 1. The third-order valence-corrected chi connectivity index (χ3v) is 3.40. The highest BCUT2D eigenvalue weighted by Gasteiger charge is 2.17. The highest BCUT2D eigenvalue weighted by atomic mass is 19.1. The molecular weight excluding hydrogens is 241 g/mol. The molecule has 0 N–H and O–H groups in total. The largest absolute Gasteiger partial charge is 0.368 e. The van der Waals surface area contributed by atoms with Gasteiger partial charge in [0.1, 0.15) is 11.6 Å². The van der Waals surface area contributed by atoms with E-state index in [-0.39, 0.29) is 5.82 Å². The van der Waals surface area contributed by atoms with E-state index in [1.807, 2.05) is 24.3 Å². The van der Waals surface area contributed by atoms with Gasteiger partial charge in [-0.05, 0) is 36.4 Å². The van der Waals surface area contributed by atoms with Crippen LogP contribution in [-0.4, -0.2) is 31.2 Å². The van der Waals surface area contributed by atoms with E-state index in [2.05, 4.69) is 20.9 Å². The molecular formula is C15H15FN3. The van der Waals surface area contributed by atoms with Gasteiger partial charge in [0, 0.05) is 44.1 Å². The van der Waals surface area contributed by atoms with Crippen molar-refractivity contribution in [3.8, 4) is 0 Å². The molecule has 1 aromatic carbocycles. The lowest BCUT2D eigenvalue weighted by Crippen LogP contribution is -2.46. The summed E-state index contributed by atoms with van der Waals surface area (Å²) in [5.41, 5.74) is 1.08. The number of aromatic nitrogens is 1. The van der Waals surface area contributed by atoms with E-state index in [0.29, 0.717) is 0 Å². The molecule has 1 radical (unpaired) electrons. The van der Waals surface area contributed by atoms with Crippen molar-refractivity contribution < 1.29 is 4.39 Å². The Morgan fingerprint density at radius 2 is 1.63 bits per heavy atom. The van der Waals surface area contributed by atoms with Gasteiger partial charge >= 0.3 is 0 Å². The average Bonchev–Trinajstić information content (AvgIpc) is 2.49. The minimum atomic E-state index is -0.188. The van der Waals surface area contributed by atoms with Crippen LogP contribution in [0.15, 0.2) is 42.6 Å². The van der Waals surface area contributed by atoms with Gasteiger partial charge in [-0.2, -0.15) is 0 Å². The molecule has 0 spiro atoms. The molecule has 1 aliphatic rings. The van der Waals surface area contributed by atoms with Gasteiger partial charge in [-0.3, -0.25) is 0 Å². The zero-order valence-electron chi connectivity index (χ0n) is 10.6. The smallest absolute Gasteiger partial charge is 0.128 e. The van der Waals surface area contributed by atoms with E-state index in [9.17, 15) is 4.39 Å². The van der Waals surface area contributed by atoms with Gasteiger partial charge in [-0.25, -0.2) is 9.37 Å². The van der Waals surface area contributed by atoms with Crippen LogP contribution in [0.25, 0.3) is 0 Å². The monoisotopic (exact) mass is 256 g/mol. The molecule has 0 atom stereocenters. The minimum absolute atomic E-state index is 0.188. The number of anilines is 2. The molecule has 0 aliphatic carbocycles. The summed E-state index contributed by atoms with van der Waals surface area (Å²) in [5.74, 6) is 0.810. The van der Waals surface area contributed by atoms with Crippen molar-refractivity contribution in [1.29, 1.82) is 0 Å². The fraction of sp³-hybridized carbons (Fsp3) is 0.267. The second-order valence-electron chi connectivity index (χ2n) is 4.57. The van der Waals surface area contributed by atoms with Crippen LogP contribution in [0.3, 0.4) is 0 Å². The fourth-order valence-electron chi connectivity index (χ4n) is 2.34. The Morgan fingerprint density at radius 3 is 2.26 bits per heavy atom. The van der Waals surface area contributed by atoms with Crippen LogP contribution >= 0.6 is 0 Å². The second kappa shape index (κ2) is 5.26. The topological polar surface area (TPSA) is 19.4 Å². The molecule has 1 fully saturated rings. The first kappa shape index (κ1) is 12.0. The Hall–Kier alpha value is -2.10. The van der Waals surface area contributed by atoms with Crippen molar-refractivity contribution in [3.63, 3.8) is 0 Å². The Labute approximate surface area is 112 Å². The summed E-state index contributed by atoms with van der Waals surface area (Å²) in [5, 5.41) is 0. The average molecular weight is 256 g/mol. The Morgan fingerprint density at radius 1 is 0.947 bits per heavy atom. The molecule has 1 aliphatic heterocycles. The summed E-state index contributed by atoms with van der Waals surface area (Å²) in [6.45, 7) is 3.70. The van der Waals surface area contributed by atoms with Gasteiger partial charge in [-0.1, -0.05) is 0 Å². The van der Waals surface area contributed by atoms with Gasteiger partial charge < -0.3 is 9.80 Å². The van der Waals surface area contributed by atoms with Crippen LogP contribution in [0.5, 0.6) is 0 Å². The lowest BCUT2D eigenvalue weighted by molar-refractivity contribution is 0.624. The molecule has 19 heavy (non-hydrogen) atoms. The minimum Gasteiger partial charge on any atom is -0.368 e. The van der Waals surface area contributed by atoms with Crippen LogP contribution < -0.4 is 9.80 Å². The normalized spacial score (nSPS) is 15.6. The molecule has 97 valence electrons. The maximum absolute atomic E-state index is 12.9. The molecule has 0 unspecified atom stereocenters. The molecule has 4 heteroatoms. The number of hydrogen-bond acceptors (Lipinski definition) is 3. The van der Waals surface area contributed by atoms with Crippen molar-refractivity contribution in [3.05, 3.63) is 54.5 Å². The number of rotatable bonds is 2. The summed E-state index contributed by atoms with van der Waals surface area (Å²) >= 11 is 0. The Kier molecular flexibility index (Phi) is 3.31. The van der Waals surface area contributed by atoms with Gasteiger partial charge in [0.05, 0.1) is 0 Å². The Balaban J connectivity index is 1.65. The van der Waals surface area contributed by atoms with Gasteiger partial charge in [-0.15, -0.1) is 0 Å². The number of pyridine rings is 1. The standard InChI is InChI=1S/C15H15FN3/c16-13-4-6-14(7-5-13)18-9-11-19(12-10-18)15-3-1-2-8-17-15/h1,3-8H,9-12H2. The molecule has 3 rings (SSSR count). The molecule has 1 saturated heterocycles. The third-order valence-electron chi connectivity index (χ3n) is 3.40. The first-order chi connectivity index (χ1) is 9.33. The van der Waals surface area contributed by atoms with E-state index >= 15 is 0 Å². The van der Waals surface area contributed by atoms with Crippen LogP contribution in [0.1, 0.15) is 0 Å². The van der Waals surface area contributed by atoms with Crippen LogP contribution in [-0.2, 0) is 0 Å². The first-order valence-electron chi connectivity index (χ1n) is 6.40. The van der Waals surface area contributed by atoms with Gasteiger partial charge in [0.2, 0.25) is 0 Å². The molecule has 0 bridgehead atoms. The zero-order valence-corrected chi connectivity index (χ0v) is 10.6. The lowest BCUT2D eigenvalue weighted by Gasteiger charge is -2.36. The quantitative estimate of drug-likeness (QED) is 0.822. The van der Waals surface area contributed by atoms with E-state index in [1.165, 1.54) is 12.1 Å². The predicted molar refractivity (Wildman–Crippen MR) is 73.9 cm³/mol. The number of hydrogen-bond donors (Lipinski definition) is 0. The van der Waals surface area contributed by atoms with E-state index in [4.69, 9.17) is 0 Å². The number of nitrogens with zero attached hydrogens (tertiary/aromatic N) is 3. The summed E-state index contributed by atoms with van der Waals surface area (Å²) in [7, 11) is 0. The maximum Gasteiger partial charge on any atom is 0.128 e. The van der Waals surface area contributed by atoms with Crippen molar-refractivity contribution in [2.24, 2.45) is 0 Å². The van der Waals surface area contributed by atoms with E-state index < -0.39 is 0 Å². The van der Waals surface area contributed by atoms with Crippen molar-refractivity contribution in [2.75, 3.05) is 36.0 Å². The van der Waals surface area contributed by atoms with Gasteiger partial charge in [0.15, 0.2) is 0 Å². The molecule has 3 nitrogen and oxygen atoms in total. The molecule has 0 amide bonds. The Bertz CT molecular complexity index is 519. The number of piperazine rings is 1. The molecule has 1 aromatic heterocycles. The highest BCUT2D eigenvalue weighted by molar-refractivity contribution is 5.49. The summed E-state index contributed by atoms with van der Waals surface area (Å²) in [6.07, 6.45) is 1.70. The summed E-state index contributed by atoms with van der Waals surface area (Å²) in [4.78, 5) is 8.84. The van der Waals surface area contributed by atoms with Crippen molar-refractivity contribution in [1.82, 2.24) is 4.98 Å². The number of benzene rings is 1. The van der Waals surface area contributed by atoms with Crippen LogP contribution in [0.2, 0.25) is 0 Å². The molecule has 2 aromatic rings. The van der Waals surface area contributed by atoms with E-state index in [0.717, 1.165) is 37.7 Å². The first-order valence-corrected chi connectivity index (χ1v) is 6.40. The maximum atomic E-state index is 12.9. The van der Waals surface area contributed by atoms with Crippen molar-refractivity contribution >= 4 is 11.5 Å². The summed E-state index contributed by atoms with van der Waals surface area (Å²) in [6, 6.07) is 13.5. The lowest BCUT2D eigenvalue weighted by atomic mass is 10.2. The highest BCUT2D eigenvalue weighted by Crippen LogP contribution is 2.19.